The molecule has 4 rings (SSSR count). The molecule has 4 heterocycles. The average molecular weight is 355 g/mol. The second kappa shape index (κ2) is 7.02. The van der Waals surface area contributed by atoms with Gasteiger partial charge in [-0.3, -0.25) is 4.79 Å². The summed E-state index contributed by atoms with van der Waals surface area (Å²) < 4.78 is 5.23. The van der Waals surface area contributed by atoms with Crippen LogP contribution in [-0.2, 0) is 0 Å². The second-order valence-electron chi connectivity index (χ2n) is 5.83. The minimum absolute atomic E-state index is 0.225. The van der Waals surface area contributed by atoms with Gasteiger partial charge in [-0.2, -0.15) is 0 Å². The van der Waals surface area contributed by atoms with Gasteiger partial charge in [0.25, 0.3) is 5.91 Å². The predicted octanol–water partition coefficient (Wildman–Crippen LogP) is 3.44. The van der Waals surface area contributed by atoms with Gasteiger partial charge in [-0.1, -0.05) is 11.2 Å². The molecule has 0 atom stereocenters. The summed E-state index contributed by atoms with van der Waals surface area (Å²) >= 11 is 1.53. The molecule has 1 N–H and O–H groups in total. The Kier molecular flexibility index (Phi) is 4.43. The maximum Gasteiger partial charge on any atom is 0.277 e. The Balaban J connectivity index is 1.42. The molecule has 1 amide bonds. The monoisotopic (exact) mass is 355 g/mol. The van der Waals surface area contributed by atoms with E-state index >= 15 is 0 Å². The number of piperidine rings is 1. The zero-order valence-electron chi connectivity index (χ0n) is 13.5. The predicted molar refractivity (Wildman–Crippen MR) is 95.9 cm³/mol. The molecule has 25 heavy (non-hydrogen) atoms. The molecule has 128 valence electrons. The van der Waals surface area contributed by atoms with E-state index in [9.17, 15) is 4.79 Å². The number of nitrogens with one attached hydrogen (secondary N) is 1. The molecular formula is C17H17N5O2S. The summed E-state index contributed by atoms with van der Waals surface area (Å²) in [7, 11) is 0. The number of thiophene rings is 1. The fourth-order valence-electron chi connectivity index (χ4n) is 2.76. The van der Waals surface area contributed by atoms with Crippen LogP contribution in [0.5, 0.6) is 0 Å². The minimum atomic E-state index is -0.346. The number of aromatic nitrogens is 3. The molecular weight excluding hydrogens is 338 g/mol. The highest BCUT2D eigenvalue weighted by Crippen LogP contribution is 2.25. The summed E-state index contributed by atoms with van der Waals surface area (Å²) in [6.07, 6.45) is 6.83. The molecule has 7 nitrogen and oxygen atoms in total. The Morgan fingerprint density at radius 2 is 2.00 bits per heavy atom. The van der Waals surface area contributed by atoms with Crippen LogP contribution in [0.4, 0.5) is 11.6 Å². The van der Waals surface area contributed by atoms with Crippen molar-refractivity contribution in [2.24, 2.45) is 0 Å². The lowest BCUT2D eigenvalue weighted by atomic mass is 10.1. The number of carbonyl (C=O) groups excluding carboxylic acids is 1. The van der Waals surface area contributed by atoms with Crippen LogP contribution in [0, 0.1) is 0 Å². The summed E-state index contributed by atoms with van der Waals surface area (Å²) in [6, 6.07) is 5.47. The van der Waals surface area contributed by atoms with Gasteiger partial charge in [0.05, 0.1) is 23.0 Å². The van der Waals surface area contributed by atoms with E-state index in [1.165, 1.54) is 30.6 Å². The first-order chi connectivity index (χ1) is 12.3. The van der Waals surface area contributed by atoms with E-state index in [0.29, 0.717) is 17.4 Å². The highest BCUT2D eigenvalue weighted by Gasteiger charge is 2.16. The van der Waals surface area contributed by atoms with Gasteiger partial charge in [-0.15, -0.1) is 11.3 Å². The van der Waals surface area contributed by atoms with Crippen LogP contribution in [0.1, 0.15) is 29.8 Å². The summed E-state index contributed by atoms with van der Waals surface area (Å²) in [5.41, 5.74) is 0.759. The first kappa shape index (κ1) is 15.8. The molecule has 3 aromatic heterocycles. The van der Waals surface area contributed by atoms with Crippen molar-refractivity contribution < 1.29 is 9.32 Å². The van der Waals surface area contributed by atoms with Gasteiger partial charge >= 0.3 is 0 Å². The lowest BCUT2D eigenvalue weighted by molar-refractivity contribution is 0.101. The number of hydrogen-bond acceptors (Lipinski definition) is 7. The van der Waals surface area contributed by atoms with Gasteiger partial charge < -0.3 is 14.7 Å². The standard InChI is InChI=1S/C17H17N5O2S/c23-16(13-9-14(24-21-13)15-5-4-8-25-15)20-12-10-18-17(19-11-12)22-6-2-1-3-7-22/h4-5,8-11H,1-3,6-7H2,(H,20,23). The van der Waals surface area contributed by atoms with Crippen LogP contribution in [-0.4, -0.2) is 34.1 Å². The highest BCUT2D eigenvalue weighted by molar-refractivity contribution is 7.13. The van der Waals surface area contributed by atoms with Gasteiger partial charge in [0, 0.05) is 19.2 Å². The lowest BCUT2D eigenvalue weighted by Gasteiger charge is -2.26. The number of nitrogens with zero attached hydrogens (tertiary/aromatic N) is 4. The highest BCUT2D eigenvalue weighted by atomic mass is 32.1. The van der Waals surface area contributed by atoms with Crippen molar-refractivity contribution in [3.05, 3.63) is 41.7 Å². The molecule has 0 unspecified atom stereocenters. The molecule has 0 radical (unpaired) electrons. The maximum absolute atomic E-state index is 12.3. The minimum Gasteiger partial charge on any atom is -0.355 e. The van der Waals surface area contributed by atoms with Crippen LogP contribution < -0.4 is 10.2 Å². The maximum atomic E-state index is 12.3. The summed E-state index contributed by atoms with van der Waals surface area (Å²) in [6.45, 7) is 1.96. The second-order valence-corrected chi connectivity index (χ2v) is 6.77. The first-order valence-electron chi connectivity index (χ1n) is 8.18. The molecule has 1 fully saturated rings. The van der Waals surface area contributed by atoms with E-state index in [4.69, 9.17) is 4.52 Å². The van der Waals surface area contributed by atoms with Crippen molar-refractivity contribution in [3.8, 4) is 10.6 Å². The third-order valence-electron chi connectivity index (χ3n) is 4.04. The smallest absolute Gasteiger partial charge is 0.277 e. The van der Waals surface area contributed by atoms with Gasteiger partial charge in [-0.05, 0) is 30.7 Å². The summed E-state index contributed by atoms with van der Waals surface area (Å²) in [4.78, 5) is 24.1. The Morgan fingerprint density at radius 1 is 1.20 bits per heavy atom. The number of carbonyl (C=O) groups is 1. The van der Waals surface area contributed by atoms with Crippen molar-refractivity contribution in [2.75, 3.05) is 23.3 Å². The van der Waals surface area contributed by atoms with Gasteiger partial charge in [0.1, 0.15) is 0 Å². The summed E-state index contributed by atoms with van der Waals surface area (Å²) in [5, 5.41) is 8.52. The number of rotatable bonds is 4. The molecule has 3 aromatic rings. The molecule has 0 aliphatic carbocycles. The van der Waals surface area contributed by atoms with Crippen molar-refractivity contribution in [1.29, 1.82) is 0 Å². The van der Waals surface area contributed by atoms with Gasteiger partial charge in [0.15, 0.2) is 11.5 Å². The van der Waals surface area contributed by atoms with Crippen molar-refractivity contribution in [3.63, 3.8) is 0 Å². The largest absolute Gasteiger partial charge is 0.355 e. The third-order valence-corrected chi connectivity index (χ3v) is 4.93. The average Bonchev–Trinajstić information content (AvgIpc) is 3.35. The third kappa shape index (κ3) is 3.53. The van der Waals surface area contributed by atoms with Crippen molar-refractivity contribution in [2.45, 2.75) is 19.3 Å². The van der Waals surface area contributed by atoms with Crippen LogP contribution in [0.3, 0.4) is 0 Å². The SMILES string of the molecule is O=C(Nc1cnc(N2CCCCC2)nc1)c1cc(-c2cccs2)on1. The topological polar surface area (TPSA) is 84.2 Å². The Labute approximate surface area is 148 Å². The molecule has 0 saturated carbocycles. The molecule has 1 saturated heterocycles. The number of amides is 1. The van der Waals surface area contributed by atoms with E-state index < -0.39 is 0 Å². The Bertz CT molecular complexity index is 838. The lowest BCUT2D eigenvalue weighted by Crippen LogP contribution is -2.30. The van der Waals surface area contributed by atoms with Gasteiger partial charge in [-0.25, -0.2) is 9.97 Å². The van der Waals surface area contributed by atoms with E-state index in [2.05, 4.69) is 25.3 Å². The van der Waals surface area contributed by atoms with Crippen LogP contribution in [0.15, 0.2) is 40.5 Å². The Hall–Kier alpha value is -2.74. The van der Waals surface area contributed by atoms with Crippen molar-refractivity contribution in [1.82, 2.24) is 15.1 Å². The van der Waals surface area contributed by atoms with Crippen LogP contribution >= 0.6 is 11.3 Å². The molecule has 0 spiro atoms. The molecule has 0 bridgehead atoms. The summed E-state index contributed by atoms with van der Waals surface area (Å²) in [5.74, 6) is 0.942. The van der Waals surface area contributed by atoms with E-state index in [1.807, 2.05) is 17.5 Å². The number of anilines is 2. The fraction of sp³-hybridized carbons (Fsp3) is 0.294. The fourth-order valence-corrected chi connectivity index (χ4v) is 3.43. The molecule has 1 aliphatic rings. The Morgan fingerprint density at radius 3 is 2.72 bits per heavy atom. The number of hydrogen-bond donors (Lipinski definition) is 1. The first-order valence-corrected chi connectivity index (χ1v) is 9.06. The molecule has 1 aliphatic heterocycles. The normalized spacial score (nSPS) is 14.5. The quantitative estimate of drug-likeness (QED) is 0.772. The van der Waals surface area contributed by atoms with E-state index in [0.717, 1.165) is 18.0 Å². The van der Waals surface area contributed by atoms with Crippen LogP contribution in [0.2, 0.25) is 0 Å². The van der Waals surface area contributed by atoms with E-state index in [1.54, 1.807) is 18.5 Å². The van der Waals surface area contributed by atoms with Crippen molar-refractivity contribution >= 4 is 28.9 Å². The molecule has 8 heteroatoms. The van der Waals surface area contributed by atoms with Crippen LogP contribution in [0.25, 0.3) is 10.6 Å². The van der Waals surface area contributed by atoms with Gasteiger partial charge in [0.2, 0.25) is 5.95 Å². The van der Waals surface area contributed by atoms with E-state index in [-0.39, 0.29) is 11.6 Å². The molecule has 0 aromatic carbocycles. The zero-order valence-corrected chi connectivity index (χ0v) is 14.3. The zero-order chi connectivity index (χ0) is 17.1.